The number of carbonyl (C=O) groups is 2. The fourth-order valence-corrected chi connectivity index (χ4v) is 3.47. The maximum atomic E-state index is 13.4. The lowest BCUT2D eigenvalue weighted by molar-refractivity contribution is -0.122. The van der Waals surface area contributed by atoms with Crippen LogP contribution in [0.3, 0.4) is 0 Å². The number of aromatic amines is 1. The fraction of sp³-hybridized carbons (Fsp3) is 0.273. The number of carbonyl (C=O) groups excluding carboxylic acids is 2. The first kappa shape index (κ1) is 21.4. The second-order valence-corrected chi connectivity index (χ2v) is 7.49. The second-order valence-electron chi connectivity index (χ2n) is 7.49. The van der Waals surface area contributed by atoms with Gasteiger partial charge in [0.25, 0.3) is 5.91 Å². The highest BCUT2D eigenvalue weighted by Gasteiger charge is 2.20. The molecule has 32 heavy (non-hydrogen) atoms. The van der Waals surface area contributed by atoms with Crippen LogP contribution < -0.4 is 21.3 Å². The Morgan fingerprint density at radius 2 is 2.16 bits per heavy atom. The van der Waals surface area contributed by atoms with E-state index in [1.54, 1.807) is 30.6 Å². The number of anilines is 1. The van der Waals surface area contributed by atoms with Crippen LogP contribution in [0.2, 0.25) is 0 Å². The van der Waals surface area contributed by atoms with Crippen LogP contribution in [0, 0.1) is 5.82 Å². The van der Waals surface area contributed by atoms with Gasteiger partial charge in [-0.05, 0) is 36.2 Å². The lowest BCUT2D eigenvalue weighted by Crippen LogP contribution is -2.56. The third-order valence-electron chi connectivity index (χ3n) is 5.08. The van der Waals surface area contributed by atoms with E-state index in [9.17, 15) is 14.0 Å². The average molecular weight is 437 g/mol. The van der Waals surface area contributed by atoms with E-state index in [4.69, 9.17) is 0 Å². The highest BCUT2D eigenvalue weighted by Crippen LogP contribution is 2.21. The number of hydrogen-bond donors (Lipinski definition) is 5. The second kappa shape index (κ2) is 10.0. The van der Waals surface area contributed by atoms with Gasteiger partial charge in [-0.1, -0.05) is 12.1 Å². The smallest absolute Gasteiger partial charge is 0.255 e. The van der Waals surface area contributed by atoms with Gasteiger partial charge < -0.3 is 21.3 Å². The molecule has 2 aromatic heterocycles. The molecule has 0 aliphatic carbocycles. The van der Waals surface area contributed by atoms with Gasteiger partial charge in [0.2, 0.25) is 5.91 Å². The lowest BCUT2D eigenvalue weighted by Gasteiger charge is -2.24. The first-order valence-corrected chi connectivity index (χ1v) is 10.4. The van der Waals surface area contributed by atoms with Crippen LogP contribution in [0.1, 0.15) is 15.9 Å². The molecule has 3 aromatic rings. The molecule has 0 radical (unpaired) electrons. The summed E-state index contributed by atoms with van der Waals surface area (Å²) in [5.41, 5.74) is 2.68. The number of H-pyrrole nitrogens is 1. The van der Waals surface area contributed by atoms with E-state index in [2.05, 4.69) is 36.4 Å². The summed E-state index contributed by atoms with van der Waals surface area (Å²) in [5, 5.41) is 18.6. The minimum atomic E-state index is -0.302. The maximum Gasteiger partial charge on any atom is 0.255 e. The van der Waals surface area contributed by atoms with E-state index in [1.165, 1.54) is 12.1 Å². The molecule has 10 heteroatoms. The van der Waals surface area contributed by atoms with E-state index in [-0.39, 0.29) is 30.2 Å². The highest BCUT2D eigenvalue weighted by atomic mass is 19.1. The number of halogens is 1. The predicted octanol–water partition coefficient (Wildman–Crippen LogP) is 1.08. The molecule has 2 amide bonds. The van der Waals surface area contributed by atoms with Crippen molar-refractivity contribution in [1.82, 2.24) is 31.1 Å². The molecule has 0 spiro atoms. The van der Waals surface area contributed by atoms with Crippen LogP contribution in [-0.2, 0) is 11.2 Å². The van der Waals surface area contributed by atoms with Crippen molar-refractivity contribution < 1.29 is 14.0 Å². The van der Waals surface area contributed by atoms with Crippen molar-refractivity contribution in [2.75, 3.05) is 31.5 Å². The Balaban J connectivity index is 1.47. The van der Waals surface area contributed by atoms with E-state index in [1.807, 2.05) is 6.07 Å². The Labute approximate surface area is 184 Å². The summed E-state index contributed by atoms with van der Waals surface area (Å²) in [6.45, 7) is 1.63. The summed E-state index contributed by atoms with van der Waals surface area (Å²) in [6.07, 6.45) is 3.94. The monoisotopic (exact) mass is 437 g/mol. The number of rotatable bonds is 8. The van der Waals surface area contributed by atoms with Crippen LogP contribution in [0.4, 0.5) is 10.2 Å². The largest absolute Gasteiger partial charge is 0.369 e. The standard InChI is InChI=1S/C22H24FN7O2/c23-16-3-1-2-14(8-16)6-7-25-21-18(4-5-19(30-21)15-9-27-28-10-15)22(32)26-12-17-11-24-13-20(31)29-17/h1-5,8-10,17,24H,6-7,11-13H2,(H,25,30)(H,26,32)(H,27,28)(H,29,31). The molecule has 9 nitrogen and oxygen atoms in total. The zero-order valence-corrected chi connectivity index (χ0v) is 17.3. The van der Waals surface area contributed by atoms with Crippen LogP contribution in [0.5, 0.6) is 0 Å². The number of amides is 2. The van der Waals surface area contributed by atoms with Crippen molar-refractivity contribution in [3.05, 3.63) is 65.7 Å². The third-order valence-corrected chi connectivity index (χ3v) is 5.08. The van der Waals surface area contributed by atoms with E-state index in [0.717, 1.165) is 11.1 Å². The van der Waals surface area contributed by atoms with Gasteiger partial charge in [-0.3, -0.25) is 14.7 Å². The maximum absolute atomic E-state index is 13.4. The van der Waals surface area contributed by atoms with Gasteiger partial charge in [0.05, 0.1) is 30.0 Å². The van der Waals surface area contributed by atoms with E-state index < -0.39 is 0 Å². The molecule has 1 aliphatic rings. The van der Waals surface area contributed by atoms with Crippen LogP contribution in [-0.4, -0.2) is 59.2 Å². The molecule has 1 unspecified atom stereocenters. The van der Waals surface area contributed by atoms with Crippen LogP contribution >= 0.6 is 0 Å². The predicted molar refractivity (Wildman–Crippen MR) is 118 cm³/mol. The number of benzene rings is 1. The van der Waals surface area contributed by atoms with Gasteiger partial charge in [0.1, 0.15) is 11.6 Å². The van der Waals surface area contributed by atoms with E-state index >= 15 is 0 Å². The number of hydrogen-bond acceptors (Lipinski definition) is 6. The SMILES string of the molecule is O=C1CNCC(CNC(=O)c2ccc(-c3cn[nH]c3)nc2NCCc2cccc(F)c2)N1. The molecule has 4 rings (SSSR count). The van der Waals surface area contributed by atoms with Crippen molar-refractivity contribution >= 4 is 17.6 Å². The molecule has 166 valence electrons. The number of piperazine rings is 1. The normalized spacial score (nSPS) is 15.8. The number of aromatic nitrogens is 3. The summed E-state index contributed by atoms with van der Waals surface area (Å²) in [7, 11) is 0. The first-order chi connectivity index (χ1) is 15.6. The quantitative estimate of drug-likeness (QED) is 0.359. The van der Waals surface area contributed by atoms with Gasteiger partial charge >= 0.3 is 0 Å². The van der Waals surface area contributed by atoms with Gasteiger partial charge in [-0.2, -0.15) is 5.10 Å². The molecule has 1 atom stereocenters. The number of nitrogens with zero attached hydrogens (tertiary/aromatic N) is 2. The van der Waals surface area contributed by atoms with Crippen LogP contribution in [0.25, 0.3) is 11.3 Å². The van der Waals surface area contributed by atoms with Crippen molar-refractivity contribution in [3.8, 4) is 11.3 Å². The summed E-state index contributed by atoms with van der Waals surface area (Å²) in [4.78, 5) is 29.0. The molecule has 0 saturated carbocycles. The number of nitrogens with one attached hydrogen (secondary N) is 5. The van der Waals surface area contributed by atoms with Crippen molar-refractivity contribution in [3.63, 3.8) is 0 Å². The third kappa shape index (κ3) is 5.46. The number of pyridine rings is 1. The van der Waals surface area contributed by atoms with Crippen molar-refractivity contribution in [1.29, 1.82) is 0 Å². The molecular formula is C22H24FN7O2. The van der Waals surface area contributed by atoms with Gasteiger partial charge in [0.15, 0.2) is 0 Å². The summed E-state index contributed by atoms with van der Waals surface area (Å²) in [6, 6.07) is 9.67. The summed E-state index contributed by atoms with van der Waals surface area (Å²) < 4.78 is 13.4. The Morgan fingerprint density at radius 1 is 1.25 bits per heavy atom. The zero-order valence-electron chi connectivity index (χ0n) is 17.3. The Bertz CT molecular complexity index is 1090. The first-order valence-electron chi connectivity index (χ1n) is 10.4. The zero-order chi connectivity index (χ0) is 22.3. The lowest BCUT2D eigenvalue weighted by atomic mass is 10.1. The van der Waals surface area contributed by atoms with Crippen molar-refractivity contribution in [2.45, 2.75) is 12.5 Å². The Morgan fingerprint density at radius 3 is 2.94 bits per heavy atom. The molecule has 0 bridgehead atoms. The Hall–Kier alpha value is -3.79. The average Bonchev–Trinajstić information content (AvgIpc) is 3.33. The molecule has 1 fully saturated rings. The molecular weight excluding hydrogens is 413 g/mol. The summed E-state index contributed by atoms with van der Waals surface area (Å²) >= 11 is 0. The summed E-state index contributed by atoms with van der Waals surface area (Å²) in [5.74, 6) is -0.263. The van der Waals surface area contributed by atoms with Gasteiger partial charge in [-0.15, -0.1) is 0 Å². The minimum Gasteiger partial charge on any atom is -0.369 e. The highest BCUT2D eigenvalue weighted by molar-refractivity contribution is 5.99. The van der Waals surface area contributed by atoms with Crippen LogP contribution in [0.15, 0.2) is 48.8 Å². The topological polar surface area (TPSA) is 124 Å². The van der Waals surface area contributed by atoms with Crippen molar-refractivity contribution in [2.24, 2.45) is 0 Å². The molecule has 1 aromatic carbocycles. The van der Waals surface area contributed by atoms with E-state index in [0.29, 0.717) is 43.1 Å². The minimum absolute atomic E-state index is 0.0960. The molecule has 1 aliphatic heterocycles. The molecule has 1 saturated heterocycles. The van der Waals surface area contributed by atoms with Gasteiger partial charge in [-0.25, -0.2) is 9.37 Å². The molecule has 3 heterocycles. The van der Waals surface area contributed by atoms with Gasteiger partial charge in [0, 0.05) is 31.4 Å². The molecule has 5 N–H and O–H groups in total. The fourth-order valence-electron chi connectivity index (χ4n) is 3.47. The Kier molecular flexibility index (Phi) is 6.71.